The lowest BCUT2D eigenvalue weighted by Crippen LogP contribution is -2.42. The van der Waals surface area contributed by atoms with Gasteiger partial charge in [-0.05, 0) is 36.1 Å². The Balaban J connectivity index is 1.90. The molecular weight excluding hydrogens is 392 g/mol. The minimum Gasteiger partial charge on any atom is -0.454 e. The summed E-state index contributed by atoms with van der Waals surface area (Å²) >= 11 is 1.09. The fourth-order valence-electron chi connectivity index (χ4n) is 2.59. The van der Waals surface area contributed by atoms with Crippen LogP contribution < -0.4 is 20.1 Å². The highest BCUT2D eigenvalue weighted by molar-refractivity contribution is 7.93. The molecule has 0 radical (unpaired) electrons. The first-order valence-electron chi connectivity index (χ1n) is 8.16. The standard InChI is InChI=1S/C17H18N2O6S2/c1-2-18-16(20)17(21)19-9-14(27(22,23)15-4-3-7-26-15)11-5-6-12-13(8-11)25-10-24-12/h3-8,14H,2,9-10H2,1H3,(H,18,20)(H,19,21)/t14-/m1/s1. The summed E-state index contributed by atoms with van der Waals surface area (Å²) < 4.78 is 36.9. The molecule has 0 bridgehead atoms. The van der Waals surface area contributed by atoms with Crippen molar-refractivity contribution in [3.63, 3.8) is 0 Å². The van der Waals surface area contributed by atoms with E-state index >= 15 is 0 Å². The molecule has 1 aliphatic heterocycles. The number of carbonyl (C=O) groups is 2. The van der Waals surface area contributed by atoms with Crippen molar-refractivity contribution in [3.8, 4) is 11.5 Å². The number of hydrogen-bond donors (Lipinski definition) is 2. The quantitative estimate of drug-likeness (QED) is 0.694. The maximum atomic E-state index is 13.1. The minimum atomic E-state index is -3.79. The van der Waals surface area contributed by atoms with Gasteiger partial charge in [0, 0.05) is 13.1 Å². The highest BCUT2D eigenvalue weighted by Gasteiger charge is 2.32. The molecule has 144 valence electrons. The minimum absolute atomic E-state index is 0.0645. The molecule has 0 spiro atoms. The van der Waals surface area contributed by atoms with E-state index in [0.29, 0.717) is 23.6 Å². The highest BCUT2D eigenvalue weighted by Crippen LogP contribution is 2.38. The van der Waals surface area contributed by atoms with Gasteiger partial charge >= 0.3 is 11.8 Å². The lowest BCUT2D eigenvalue weighted by atomic mass is 10.1. The Bertz CT molecular complexity index is 940. The van der Waals surface area contributed by atoms with Gasteiger partial charge in [-0.1, -0.05) is 12.1 Å². The molecule has 0 aliphatic carbocycles. The molecule has 8 nitrogen and oxygen atoms in total. The Kier molecular flexibility index (Phi) is 5.66. The zero-order valence-electron chi connectivity index (χ0n) is 14.4. The molecule has 1 aromatic carbocycles. The molecular formula is C17H18N2O6S2. The third kappa shape index (κ3) is 4.06. The van der Waals surface area contributed by atoms with Crippen molar-refractivity contribution in [1.29, 1.82) is 0 Å². The van der Waals surface area contributed by atoms with Gasteiger partial charge in [-0.15, -0.1) is 11.3 Å². The van der Waals surface area contributed by atoms with Crippen molar-refractivity contribution in [2.24, 2.45) is 0 Å². The number of sulfone groups is 1. The van der Waals surface area contributed by atoms with Crippen LogP contribution >= 0.6 is 11.3 Å². The van der Waals surface area contributed by atoms with Crippen molar-refractivity contribution in [2.45, 2.75) is 16.4 Å². The van der Waals surface area contributed by atoms with Gasteiger partial charge in [0.2, 0.25) is 6.79 Å². The van der Waals surface area contributed by atoms with Crippen LogP contribution in [0, 0.1) is 0 Å². The summed E-state index contributed by atoms with van der Waals surface area (Å²) in [7, 11) is -3.79. The molecule has 1 aliphatic rings. The van der Waals surface area contributed by atoms with Crippen LogP contribution in [0.3, 0.4) is 0 Å². The summed E-state index contributed by atoms with van der Waals surface area (Å²) in [4.78, 5) is 23.5. The first-order chi connectivity index (χ1) is 12.9. The van der Waals surface area contributed by atoms with Gasteiger partial charge in [-0.3, -0.25) is 9.59 Å². The summed E-state index contributed by atoms with van der Waals surface area (Å²) in [6, 6.07) is 7.96. The predicted molar refractivity (Wildman–Crippen MR) is 98.5 cm³/mol. The summed E-state index contributed by atoms with van der Waals surface area (Å²) in [6.45, 7) is 1.79. The molecule has 2 heterocycles. The van der Waals surface area contributed by atoms with Crippen LogP contribution in [0.1, 0.15) is 17.7 Å². The van der Waals surface area contributed by atoms with Crippen molar-refractivity contribution in [1.82, 2.24) is 10.6 Å². The monoisotopic (exact) mass is 410 g/mol. The number of fused-ring (bicyclic) bond motifs is 1. The number of amides is 2. The van der Waals surface area contributed by atoms with Crippen molar-refractivity contribution in [2.75, 3.05) is 19.9 Å². The van der Waals surface area contributed by atoms with E-state index < -0.39 is 26.9 Å². The Morgan fingerprint density at radius 3 is 2.59 bits per heavy atom. The summed E-state index contributed by atoms with van der Waals surface area (Å²) in [6.07, 6.45) is 0. The van der Waals surface area contributed by atoms with E-state index in [1.54, 1.807) is 36.6 Å². The largest absolute Gasteiger partial charge is 0.454 e. The Morgan fingerprint density at radius 1 is 1.15 bits per heavy atom. The van der Waals surface area contributed by atoms with Gasteiger partial charge in [0.25, 0.3) is 0 Å². The second-order valence-electron chi connectivity index (χ2n) is 5.65. The Morgan fingerprint density at radius 2 is 1.89 bits per heavy atom. The SMILES string of the molecule is CCNC(=O)C(=O)NC[C@H](c1ccc2c(c1)OCO2)S(=O)(=O)c1cccs1. The molecule has 2 N–H and O–H groups in total. The summed E-state index contributed by atoms with van der Waals surface area (Å²) in [5.74, 6) is -0.731. The van der Waals surface area contributed by atoms with E-state index in [9.17, 15) is 18.0 Å². The van der Waals surface area contributed by atoms with E-state index in [1.807, 2.05) is 0 Å². The lowest BCUT2D eigenvalue weighted by molar-refractivity contribution is -0.139. The molecule has 27 heavy (non-hydrogen) atoms. The molecule has 2 amide bonds. The van der Waals surface area contributed by atoms with Crippen LogP contribution in [0.2, 0.25) is 0 Å². The maximum Gasteiger partial charge on any atom is 0.309 e. The van der Waals surface area contributed by atoms with Gasteiger partial charge < -0.3 is 20.1 Å². The third-order valence-corrected chi connectivity index (χ3v) is 7.44. The molecule has 2 aromatic rings. The number of likely N-dealkylation sites (N-methyl/N-ethyl adjacent to an activating group) is 1. The van der Waals surface area contributed by atoms with Crippen molar-refractivity contribution in [3.05, 3.63) is 41.3 Å². The smallest absolute Gasteiger partial charge is 0.309 e. The van der Waals surface area contributed by atoms with Gasteiger partial charge in [0.1, 0.15) is 9.46 Å². The zero-order valence-corrected chi connectivity index (χ0v) is 16.1. The number of ether oxygens (including phenoxy) is 2. The normalized spacial score (nSPS) is 13.8. The second-order valence-corrected chi connectivity index (χ2v) is 8.95. The van der Waals surface area contributed by atoms with E-state index in [1.165, 1.54) is 6.07 Å². The number of rotatable bonds is 6. The number of thiophene rings is 1. The Hall–Kier alpha value is -2.59. The number of carbonyl (C=O) groups excluding carboxylic acids is 2. The van der Waals surface area contributed by atoms with Gasteiger partial charge in [0.15, 0.2) is 21.3 Å². The van der Waals surface area contributed by atoms with E-state index in [4.69, 9.17) is 9.47 Å². The number of benzene rings is 1. The first-order valence-corrected chi connectivity index (χ1v) is 10.6. The van der Waals surface area contributed by atoms with Gasteiger partial charge in [0.05, 0.1) is 0 Å². The lowest BCUT2D eigenvalue weighted by Gasteiger charge is -2.18. The average molecular weight is 410 g/mol. The second kappa shape index (κ2) is 7.97. The van der Waals surface area contributed by atoms with Crippen LogP contribution in [-0.4, -0.2) is 40.1 Å². The molecule has 0 fully saturated rings. The van der Waals surface area contributed by atoms with Crippen molar-refractivity contribution >= 4 is 33.0 Å². The predicted octanol–water partition coefficient (Wildman–Crippen LogP) is 1.24. The summed E-state index contributed by atoms with van der Waals surface area (Å²) in [5, 5.41) is 5.36. The molecule has 3 rings (SSSR count). The topological polar surface area (TPSA) is 111 Å². The molecule has 0 saturated heterocycles. The van der Waals surface area contributed by atoms with Gasteiger partial charge in [-0.25, -0.2) is 8.42 Å². The molecule has 0 saturated carbocycles. The zero-order chi connectivity index (χ0) is 19.4. The van der Waals surface area contributed by atoms with Gasteiger partial charge in [-0.2, -0.15) is 0 Å². The molecule has 1 atom stereocenters. The molecule has 0 unspecified atom stereocenters. The summed E-state index contributed by atoms with van der Waals surface area (Å²) in [5.41, 5.74) is 0.434. The van der Waals surface area contributed by atoms with Crippen LogP contribution in [0.4, 0.5) is 0 Å². The Labute approximate surface area is 160 Å². The average Bonchev–Trinajstić information content (AvgIpc) is 3.33. The van der Waals surface area contributed by atoms with Crippen LogP contribution in [-0.2, 0) is 19.4 Å². The van der Waals surface area contributed by atoms with Crippen molar-refractivity contribution < 1.29 is 27.5 Å². The molecule has 1 aromatic heterocycles. The number of nitrogens with one attached hydrogen (secondary N) is 2. The third-order valence-electron chi connectivity index (χ3n) is 3.91. The first kappa shape index (κ1) is 19.2. The fraction of sp³-hybridized carbons (Fsp3) is 0.294. The van der Waals surface area contributed by atoms with E-state index in [2.05, 4.69) is 10.6 Å². The highest BCUT2D eigenvalue weighted by atomic mass is 32.2. The van der Waals surface area contributed by atoms with E-state index in [0.717, 1.165) is 11.3 Å². The van der Waals surface area contributed by atoms with Crippen LogP contribution in [0.5, 0.6) is 11.5 Å². The molecule has 10 heteroatoms. The number of hydrogen-bond acceptors (Lipinski definition) is 7. The fourth-order valence-corrected chi connectivity index (χ4v) is 5.45. The van der Waals surface area contributed by atoms with E-state index in [-0.39, 0.29) is 17.5 Å². The maximum absolute atomic E-state index is 13.1. The van der Waals surface area contributed by atoms with Crippen LogP contribution in [0.15, 0.2) is 39.9 Å². The van der Waals surface area contributed by atoms with Crippen LogP contribution in [0.25, 0.3) is 0 Å².